The molecule has 2 amide bonds. The SMILES string of the molecule is CCN(Cc1ccc(OCc2cccs2)c(OC)c1)C(=O)C(C)NC(=O)c1ccoc1. The van der Waals surface area contributed by atoms with E-state index in [2.05, 4.69) is 5.32 Å². The van der Waals surface area contributed by atoms with Gasteiger partial charge < -0.3 is 24.1 Å². The summed E-state index contributed by atoms with van der Waals surface area (Å²) in [6, 6.07) is 10.5. The van der Waals surface area contributed by atoms with Crippen molar-refractivity contribution in [2.45, 2.75) is 33.0 Å². The Morgan fingerprint density at radius 3 is 2.71 bits per heavy atom. The van der Waals surface area contributed by atoms with Crippen LogP contribution in [-0.4, -0.2) is 36.4 Å². The molecule has 1 atom stereocenters. The number of methoxy groups -OCH3 is 1. The fourth-order valence-electron chi connectivity index (χ4n) is 3.05. The van der Waals surface area contributed by atoms with E-state index in [1.807, 2.05) is 42.6 Å². The van der Waals surface area contributed by atoms with Gasteiger partial charge in [-0.25, -0.2) is 0 Å². The molecule has 7 nitrogen and oxygen atoms in total. The molecule has 8 heteroatoms. The lowest BCUT2D eigenvalue weighted by Gasteiger charge is -2.25. The van der Waals surface area contributed by atoms with Gasteiger partial charge in [-0.2, -0.15) is 0 Å². The van der Waals surface area contributed by atoms with Crippen LogP contribution in [0.4, 0.5) is 0 Å². The molecule has 3 aromatic rings. The minimum Gasteiger partial charge on any atom is -0.493 e. The molecule has 0 spiro atoms. The van der Waals surface area contributed by atoms with Gasteiger partial charge in [0.05, 0.1) is 18.9 Å². The monoisotopic (exact) mass is 442 g/mol. The van der Waals surface area contributed by atoms with Crippen LogP contribution in [0.25, 0.3) is 0 Å². The molecule has 0 aliphatic carbocycles. The molecule has 164 valence electrons. The normalized spacial score (nSPS) is 11.6. The number of benzene rings is 1. The molecule has 31 heavy (non-hydrogen) atoms. The first-order valence-electron chi connectivity index (χ1n) is 9.95. The summed E-state index contributed by atoms with van der Waals surface area (Å²) in [5.74, 6) is 0.740. The molecule has 1 N–H and O–H groups in total. The van der Waals surface area contributed by atoms with E-state index in [1.54, 1.807) is 36.3 Å². The van der Waals surface area contributed by atoms with Gasteiger partial charge in [0.1, 0.15) is 18.9 Å². The first-order chi connectivity index (χ1) is 15.0. The van der Waals surface area contributed by atoms with Gasteiger partial charge in [0, 0.05) is 18.0 Å². The predicted molar refractivity (Wildman–Crippen MR) is 118 cm³/mol. The zero-order valence-electron chi connectivity index (χ0n) is 17.8. The van der Waals surface area contributed by atoms with Gasteiger partial charge in [0.2, 0.25) is 5.91 Å². The maximum atomic E-state index is 12.9. The summed E-state index contributed by atoms with van der Waals surface area (Å²) < 4.78 is 16.3. The van der Waals surface area contributed by atoms with E-state index in [1.165, 1.54) is 12.5 Å². The zero-order valence-corrected chi connectivity index (χ0v) is 18.6. The summed E-state index contributed by atoms with van der Waals surface area (Å²) >= 11 is 1.63. The van der Waals surface area contributed by atoms with Crippen molar-refractivity contribution in [2.75, 3.05) is 13.7 Å². The maximum absolute atomic E-state index is 12.9. The average molecular weight is 443 g/mol. The number of likely N-dealkylation sites (N-methyl/N-ethyl adjacent to an activating group) is 1. The number of carbonyl (C=O) groups excluding carboxylic acids is 2. The van der Waals surface area contributed by atoms with Gasteiger partial charge in [0.25, 0.3) is 5.91 Å². The lowest BCUT2D eigenvalue weighted by molar-refractivity contribution is -0.133. The highest BCUT2D eigenvalue weighted by Gasteiger charge is 2.22. The molecular weight excluding hydrogens is 416 g/mol. The molecule has 0 fully saturated rings. The second kappa shape index (κ2) is 10.7. The first kappa shape index (κ1) is 22.4. The van der Waals surface area contributed by atoms with Crippen molar-refractivity contribution < 1.29 is 23.5 Å². The molecule has 0 radical (unpaired) electrons. The van der Waals surface area contributed by atoms with Gasteiger partial charge in [0.15, 0.2) is 11.5 Å². The van der Waals surface area contributed by atoms with Crippen molar-refractivity contribution in [1.82, 2.24) is 10.2 Å². The Bertz CT molecular complexity index is 986. The highest BCUT2D eigenvalue weighted by molar-refractivity contribution is 7.09. The molecular formula is C23H26N2O5S. The number of nitrogens with zero attached hydrogens (tertiary/aromatic N) is 1. The quantitative estimate of drug-likeness (QED) is 0.511. The average Bonchev–Trinajstić information content (AvgIpc) is 3.50. The van der Waals surface area contributed by atoms with Crippen molar-refractivity contribution in [3.05, 3.63) is 70.3 Å². The third-order valence-corrected chi connectivity index (χ3v) is 5.60. The third kappa shape index (κ3) is 5.88. The first-order valence-corrected chi connectivity index (χ1v) is 10.8. The highest BCUT2D eigenvalue weighted by Crippen LogP contribution is 2.29. The van der Waals surface area contributed by atoms with Gasteiger partial charge in [-0.15, -0.1) is 11.3 Å². The molecule has 0 saturated carbocycles. The molecule has 0 aliphatic rings. The standard InChI is InChI=1S/C23H26N2O5S/c1-4-25(23(27)16(2)24-22(26)18-9-10-29-14-18)13-17-7-8-20(21(12-17)28-3)30-15-19-6-5-11-31-19/h5-12,14,16H,4,13,15H2,1-3H3,(H,24,26). The van der Waals surface area contributed by atoms with Crippen LogP contribution in [0.1, 0.15) is 34.6 Å². The van der Waals surface area contributed by atoms with Crippen LogP contribution in [0, 0.1) is 0 Å². The lowest BCUT2D eigenvalue weighted by Crippen LogP contribution is -2.46. The van der Waals surface area contributed by atoms with Crippen molar-refractivity contribution in [1.29, 1.82) is 0 Å². The minimum atomic E-state index is -0.669. The van der Waals surface area contributed by atoms with E-state index in [4.69, 9.17) is 13.9 Å². The van der Waals surface area contributed by atoms with Crippen molar-refractivity contribution in [2.24, 2.45) is 0 Å². The van der Waals surface area contributed by atoms with Crippen LogP contribution >= 0.6 is 11.3 Å². The van der Waals surface area contributed by atoms with Gasteiger partial charge in [-0.1, -0.05) is 12.1 Å². The number of thiophene rings is 1. The molecule has 0 bridgehead atoms. The fraction of sp³-hybridized carbons (Fsp3) is 0.304. The van der Waals surface area contributed by atoms with E-state index in [0.29, 0.717) is 36.8 Å². The van der Waals surface area contributed by atoms with E-state index in [9.17, 15) is 9.59 Å². The van der Waals surface area contributed by atoms with E-state index < -0.39 is 6.04 Å². The van der Waals surface area contributed by atoms with Crippen molar-refractivity contribution in [3.63, 3.8) is 0 Å². The van der Waals surface area contributed by atoms with E-state index in [0.717, 1.165) is 10.4 Å². The number of amides is 2. The number of carbonyl (C=O) groups is 2. The fourth-order valence-corrected chi connectivity index (χ4v) is 3.66. The zero-order chi connectivity index (χ0) is 22.2. The van der Waals surface area contributed by atoms with Crippen LogP contribution in [0.15, 0.2) is 58.7 Å². The Hall–Kier alpha value is -3.26. The summed E-state index contributed by atoms with van der Waals surface area (Å²) in [4.78, 5) is 27.9. The summed E-state index contributed by atoms with van der Waals surface area (Å²) in [6.45, 7) is 4.94. The number of hydrogen-bond acceptors (Lipinski definition) is 6. The van der Waals surface area contributed by atoms with Gasteiger partial charge >= 0.3 is 0 Å². The Balaban J connectivity index is 1.63. The van der Waals surface area contributed by atoms with Crippen LogP contribution in [0.3, 0.4) is 0 Å². The summed E-state index contributed by atoms with van der Waals surface area (Å²) in [7, 11) is 1.59. The van der Waals surface area contributed by atoms with Crippen LogP contribution in [0.5, 0.6) is 11.5 Å². The Kier molecular flexibility index (Phi) is 7.72. The molecule has 1 aromatic carbocycles. The maximum Gasteiger partial charge on any atom is 0.255 e. The largest absolute Gasteiger partial charge is 0.493 e. The topological polar surface area (TPSA) is 81.0 Å². The molecule has 0 saturated heterocycles. The van der Waals surface area contributed by atoms with Crippen molar-refractivity contribution in [3.8, 4) is 11.5 Å². The molecule has 0 aliphatic heterocycles. The second-order valence-electron chi connectivity index (χ2n) is 6.91. The number of ether oxygens (including phenoxy) is 2. The Morgan fingerprint density at radius 2 is 2.06 bits per heavy atom. The number of rotatable bonds is 10. The van der Waals surface area contributed by atoms with Gasteiger partial charge in [-0.3, -0.25) is 9.59 Å². The summed E-state index contributed by atoms with van der Waals surface area (Å²) in [5.41, 5.74) is 1.29. The number of furan rings is 1. The molecule has 2 heterocycles. The van der Waals surface area contributed by atoms with Crippen molar-refractivity contribution >= 4 is 23.2 Å². The van der Waals surface area contributed by atoms with E-state index in [-0.39, 0.29) is 11.8 Å². The third-order valence-electron chi connectivity index (χ3n) is 4.75. The summed E-state index contributed by atoms with van der Waals surface area (Å²) in [5, 5.41) is 4.72. The van der Waals surface area contributed by atoms with E-state index >= 15 is 0 Å². The predicted octanol–water partition coefficient (Wildman–Crippen LogP) is 4.10. The van der Waals surface area contributed by atoms with Gasteiger partial charge in [-0.05, 0) is 49.1 Å². The van der Waals surface area contributed by atoms with Crippen LogP contribution in [-0.2, 0) is 17.9 Å². The number of hydrogen-bond donors (Lipinski definition) is 1. The summed E-state index contributed by atoms with van der Waals surface area (Å²) in [6.07, 6.45) is 2.76. The highest BCUT2D eigenvalue weighted by atomic mass is 32.1. The molecule has 3 rings (SSSR count). The molecule has 1 unspecified atom stereocenters. The second-order valence-corrected chi connectivity index (χ2v) is 7.95. The van der Waals surface area contributed by atoms with Crippen LogP contribution < -0.4 is 14.8 Å². The Labute approximate surface area is 185 Å². The smallest absolute Gasteiger partial charge is 0.255 e. The minimum absolute atomic E-state index is 0.170. The lowest BCUT2D eigenvalue weighted by atomic mass is 10.1. The number of nitrogens with one attached hydrogen (secondary N) is 1. The molecule has 2 aromatic heterocycles. The Morgan fingerprint density at radius 1 is 1.23 bits per heavy atom. The van der Waals surface area contributed by atoms with Crippen LogP contribution in [0.2, 0.25) is 0 Å².